The number of carbonyl (C=O) groups is 2. The molecule has 0 unspecified atom stereocenters. The molecule has 0 spiro atoms. The SMILES string of the molecule is Cn1c(=O)n(CC(=O)Nc2ccccc2C(=O)NCc2ccc3c(c2)OCO3)c2ccccc21. The maximum absolute atomic E-state index is 12.9. The van der Waals surface area contributed by atoms with Crippen molar-refractivity contribution in [3.05, 3.63) is 88.3 Å². The van der Waals surface area contributed by atoms with Gasteiger partial charge in [-0.1, -0.05) is 30.3 Å². The van der Waals surface area contributed by atoms with Gasteiger partial charge in [-0.25, -0.2) is 4.79 Å². The van der Waals surface area contributed by atoms with Crippen molar-refractivity contribution in [2.75, 3.05) is 12.1 Å². The number of anilines is 1. The summed E-state index contributed by atoms with van der Waals surface area (Å²) in [5, 5.41) is 5.63. The number of hydrogen-bond acceptors (Lipinski definition) is 5. The highest BCUT2D eigenvalue weighted by molar-refractivity contribution is 6.03. The van der Waals surface area contributed by atoms with Gasteiger partial charge in [0.05, 0.1) is 22.3 Å². The van der Waals surface area contributed by atoms with Crippen molar-refractivity contribution in [2.45, 2.75) is 13.1 Å². The summed E-state index contributed by atoms with van der Waals surface area (Å²) >= 11 is 0. The van der Waals surface area contributed by atoms with Gasteiger partial charge in [0.15, 0.2) is 11.5 Å². The number of carbonyl (C=O) groups excluding carboxylic acids is 2. The number of amides is 2. The van der Waals surface area contributed by atoms with E-state index >= 15 is 0 Å². The fourth-order valence-corrected chi connectivity index (χ4v) is 3.97. The Kier molecular flexibility index (Phi) is 5.51. The molecule has 0 radical (unpaired) electrons. The number of aromatic nitrogens is 2. The molecule has 0 aliphatic carbocycles. The lowest BCUT2D eigenvalue weighted by Crippen LogP contribution is -2.29. The molecule has 9 heteroatoms. The van der Waals surface area contributed by atoms with E-state index < -0.39 is 5.91 Å². The summed E-state index contributed by atoms with van der Waals surface area (Å²) < 4.78 is 13.6. The zero-order chi connectivity index (χ0) is 23.7. The Bertz CT molecular complexity index is 1470. The molecule has 1 aromatic heterocycles. The molecular weight excluding hydrogens is 436 g/mol. The van der Waals surface area contributed by atoms with Crippen LogP contribution in [0.2, 0.25) is 0 Å². The lowest BCUT2D eigenvalue weighted by atomic mass is 10.1. The predicted molar refractivity (Wildman–Crippen MR) is 126 cm³/mol. The fourth-order valence-electron chi connectivity index (χ4n) is 3.97. The van der Waals surface area contributed by atoms with Gasteiger partial charge in [0, 0.05) is 13.6 Å². The summed E-state index contributed by atoms with van der Waals surface area (Å²) in [5.41, 5.74) is 2.66. The number of ether oxygens (including phenoxy) is 2. The Labute approximate surface area is 194 Å². The fraction of sp³-hybridized carbons (Fsp3) is 0.160. The number of hydrogen-bond donors (Lipinski definition) is 2. The smallest absolute Gasteiger partial charge is 0.329 e. The molecule has 2 amide bonds. The molecule has 1 aliphatic heterocycles. The van der Waals surface area contributed by atoms with Gasteiger partial charge in [-0.2, -0.15) is 0 Å². The van der Waals surface area contributed by atoms with Gasteiger partial charge in [0.2, 0.25) is 12.7 Å². The van der Waals surface area contributed by atoms with Crippen LogP contribution in [-0.4, -0.2) is 27.7 Å². The Morgan fingerprint density at radius 1 is 0.941 bits per heavy atom. The Morgan fingerprint density at radius 2 is 1.68 bits per heavy atom. The number of nitrogens with zero attached hydrogens (tertiary/aromatic N) is 2. The summed E-state index contributed by atoms with van der Waals surface area (Å²) in [5.74, 6) is 0.571. The number of benzene rings is 3. The first-order valence-corrected chi connectivity index (χ1v) is 10.7. The molecule has 3 aromatic carbocycles. The Morgan fingerprint density at radius 3 is 2.53 bits per heavy atom. The van der Waals surface area contributed by atoms with E-state index in [1.54, 1.807) is 43.4 Å². The quantitative estimate of drug-likeness (QED) is 0.462. The van der Waals surface area contributed by atoms with E-state index in [-0.39, 0.29) is 31.5 Å². The number of imidazole rings is 1. The third-order valence-corrected chi connectivity index (χ3v) is 5.69. The average molecular weight is 458 g/mol. The van der Waals surface area contributed by atoms with Crippen LogP contribution >= 0.6 is 0 Å². The van der Waals surface area contributed by atoms with Gasteiger partial charge in [0.1, 0.15) is 6.54 Å². The van der Waals surface area contributed by atoms with Crippen molar-refractivity contribution in [3.63, 3.8) is 0 Å². The van der Waals surface area contributed by atoms with Crippen LogP contribution in [0, 0.1) is 0 Å². The van der Waals surface area contributed by atoms with Gasteiger partial charge in [0.25, 0.3) is 5.91 Å². The second-order valence-electron chi connectivity index (χ2n) is 7.88. The maximum atomic E-state index is 12.9. The number of para-hydroxylation sites is 3. The molecule has 9 nitrogen and oxygen atoms in total. The van der Waals surface area contributed by atoms with E-state index in [0.29, 0.717) is 28.3 Å². The van der Waals surface area contributed by atoms with Crippen molar-refractivity contribution in [3.8, 4) is 11.5 Å². The molecule has 0 saturated heterocycles. The van der Waals surface area contributed by atoms with Crippen LogP contribution in [0.25, 0.3) is 11.0 Å². The maximum Gasteiger partial charge on any atom is 0.329 e. The van der Waals surface area contributed by atoms with Crippen LogP contribution in [0.15, 0.2) is 71.5 Å². The second kappa shape index (κ2) is 8.78. The van der Waals surface area contributed by atoms with Crippen molar-refractivity contribution in [1.29, 1.82) is 0 Å². The first kappa shape index (κ1) is 21.3. The van der Waals surface area contributed by atoms with E-state index in [1.165, 1.54) is 9.13 Å². The molecule has 2 N–H and O–H groups in total. The molecule has 0 saturated carbocycles. The van der Waals surface area contributed by atoms with E-state index in [9.17, 15) is 14.4 Å². The first-order valence-electron chi connectivity index (χ1n) is 10.7. The highest BCUT2D eigenvalue weighted by Crippen LogP contribution is 2.32. The topological polar surface area (TPSA) is 104 Å². The molecule has 2 heterocycles. The minimum atomic E-state index is -0.408. The summed E-state index contributed by atoms with van der Waals surface area (Å²) in [6.07, 6.45) is 0. The van der Waals surface area contributed by atoms with Crippen molar-refractivity contribution in [2.24, 2.45) is 7.05 Å². The number of nitrogens with one attached hydrogen (secondary N) is 2. The normalized spacial score (nSPS) is 12.0. The highest BCUT2D eigenvalue weighted by Gasteiger charge is 2.17. The molecular formula is C25H22N4O5. The Balaban J connectivity index is 1.29. The van der Waals surface area contributed by atoms with E-state index in [2.05, 4.69) is 10.6 Å². The third kappa shape index (κ3) is 3.99. The second-order valence-corrected chi connectivity index (χ2v) is 7.88. The lowest BCUT2D eigenvalue weighted by molar-refractivity contribution is -0.116. The summed E-state index contributed by atoms with van der Waals surface area (Å²) in [6.45, 7) is 0.291. The standard InChI is InChI=1S/C25H22N4O5/c1-28-19-8-4-5-9-20(19)29(25(28)32)14-23(30)27-18-7-3-2-6-17(18)24(31)26-13-16-10-11-21-22(12-16)34-15-33-21/h2-12H,13-15H2,1H3,(H,26,31)(H,27,30). The minimum Gasteiger partial charge on any atom is -0.454 e. The third-order valence-electron chi connectivity index (χ3n) is 5.69. The molecule has 0 bridgehead atoms. The van der Waals surface area contributed by atoms with Crippen LogP contribution < -0.4 is 25.8 Å². The predicted octanol–water partition coefficient (Wildman–Crippen LogP) is 2.64. The molecule has 172 valence electrons. The van der Waals surface area contributed by atoms with Crippen LogP contribution in [0.5, 0.6) is 11.5 Å². The number of aryl methyl sites for hydroxylation is 1. The molecule has 0 fully saturated rings. The highest BCUT2D eigenvalue weighted by atomic mass is 16.7. The summed E-state index contributed by atoms with van der Waals surface area (Å²) in [6, 6.07) is 19.5. The van der Waals surface area contributed by atoms with E-state index in [0.717, 1.165) is 11.1 Å². The largest absolute Gasteiger partial charge is 0.454 e. The minimum absolute atomic E-state index is 0.173. The molecule has 1 aliphatic rings. The van der Waals surface area contributed by atoms with Crippen LogP contribution in [0.1, 0.15) is 15.9 Å². The van der Waals surface area contributed by atoms with E-state index in [1.807, 2.05) is 30.3 Å². The van der Waals surface area contributed by atoms with Crippen molar-refractivity contribution < 1.29 is 19.1 Å². The van der Waals surface area contributed by atoms with Gasteiger partial charge in [-0.05, 0) is 42.0 Å². The number of fused-ring (bicyclic) bond motifs is 2. The molecule has 4 aromatic rings. The van der Waals surface area contributed by atoms with E-state index in [4.69, 9.17) is 9.47 Å². The van der Waals surface area contributed by atoms with Gasteiger partial charge < -0.3 is 20.1 Å². The molecule has 34 heavy (non-hydrogen) atoms. The van der Waals surface area contributed by atoms with Crippen molar-refractivity contribution in [1.82, 2.24) is 14.5 Å². The van der Waals surface area contributed by atoms with Crippen molar-refractivity contribution >= 4 is 28.5 Å². The first-order chi connectivity index (χ1) is 16.5. The van der Waals surface area contributed by atoms with Crippen LogP contribution in [0.3, 0.4) is 0 Å². The Hall–Kier alpha value is -4.53. The molecule has 0 atom stereocenters. The average Bonchev–Trinajstić information content (AvgIpc) is 3.41. The zero-order valence-corrected chi connectivity index (χ0v) is 18.4. The van der Waals surface area contributed by atoms with Crippen LogP contribution in [0.4, 0.5) is 5.69 Å². The van der Waals surface area contributed by atoms with Gasteiger partial charge >= 0.3 is 5.69 Å². The monoisotopic (exact) mass is 458 g/mol. The summed E-state index contributed by atoms with van der Waals surface area (Å²) in [7, 11) is 1.67. The van der Waals surface area contributed by atoms with Gasteiger partial charge in [-0.15, -0.1) is 0 Å². The van der Waals surface area contributed by atoms with Crippen LogP contribution in [-0.2, 0) is 24.9 Å². The lowest BCUT2D eigenvalue weighted by Gasteiger charge is -2.12. The number of rotatable bonds is 6. The van der Waals surface area contributed by atoms with Gasteiger partial charge in [-0.3, -0.25) is 18.7 Å². The summed E-state index contributed by atoms with van der Waals surface area (Å²) in [4.78, 5) is 38.3. The zero-order valence-electron chi connectivity index (χ0n) is 18.4. The molecule has 5 rings (SSSR count).